The van der Waals surface area contributed by atoms with E-state index < -0.39 is 11.6 Å². The van der Waals surface area contributed by atoms with Crippen molar-refractivity contribution >= 4 is 16.5 Å². The average Bonchev–Trinajstić information content (AvgIpc) is 3.15. The fourth-order valence-electron chi connectivity index (χ4n) is 3.14. The summed E-state index contributed by atoms with van der Waals surface area (Å²) in [5.74, 6) is -1.48. The van der Waals surface area contributed by atoms with Crippen molar-refractivity contribution in [3.63, 3.8) is 0 Å². The molecule has 4 rings (SSSR count). The molecule has 2 heterocycles. The molecule has 1 saturated heterocycles. The number of ether oxygens (including phenoxy) is 1. The van der Waals surface area contributed by atoms with Crippen LogP contribution in [-0.4, -0.2) is 29.4 Å². The third kappa shape index (κ3) is 4.44. The van der Waals surface area contributed by atoms with Crippen LogP contribution in [0.4, 0.5) is 18.3 Å². The van der Waals surface area contributed by atoms with Gasteiger partial charge in [0.15, 0.2) is 11.6 Å². The summed E-state index contributed by atoms with van der Waals surface area (Å²) in [5, 5.41) is 10.2. The van der Waals surface area contributed by atoms with E-state index >= 15 is 0 Å². The van der Waals surface area contributed by atoms with Crippen LogP contribution < -0.4 is 9.64 Å². The highest BCUT2D eigenvalue weighted by atomic mass is 32.1. The van der Waals surface area contributed by atoms with Gasteiger partial charge in [-0.05, 0) is 29.8 Å². The van der Waals surface area contributed by atoms with Gasteiger partial charge in [-0.2, -0.15) is 0 Å². The van der Waals surface area contributed by atoms with E-state index in [2.05, 4.69) is 15.1 Å². The number of piperidine rings is 1. The van der Waals surface area contributed by atoms with E-state index in [4.69, 9.17) is 4.74 Å². The quantitative estimate of drug-likeness (QED) is 0.622. The molecule has 0 saturated carbocycles. The monoisotopic (exact) mass is 405 g/mol. The SMILES string of the molecule is Fc1ccc(Cc2nnc(N3CCC(Oc4ccc(F)cc4F)CC3)s2)cc1. The first-order valence-electron chi connectivity index (χ1n) is 9.00. The van der Waals surface area contributed by atoms with Crippen molar-refractivity contribution < 1.29 is 17.9 Å². The number of benzene rings is 2. The Morgan fingerprint density at radius 3 is 2.39 bits per heavy atom. The third-order valence-electron chi connectivity index (χ3n) is 4.62. The average molecular weight is 405 g/mol. The van der Waals surface area contributed by atoms with Crippen LogP contribution in [-0.2, 0) is 6.42 Å². The molecule has 1 fully saturated rings. The maximum Gasteiger partial charge on any atom is 0.208 e. The van der Waals surface area contributed by atoms with Crippen LogP contribution in [0.2, 0.25) is 0 Å². The van der Waals surface area contributed by atoms with E-state index in [9.17, 15) is 13.2 Å². The molecule has 0 unspecified atom stereocenters. The minimum absolute atomic E-state index is 0.0809. The summed E-state index contributed by atoms with van der Waals surface area (Å²) in [6.45, 7) is 1.44. The smallest absolute Gasteiger partial charge is 0.208 e. The molecule has 0 N–H and O–H groups in total. The van der Waals surface area contributed by atoms with Crippen molar-refractivity contribution in [2.24, 2.45) is 0 Å². The highest BCUT2D eigenvalue weighted by molar-refractivity contribution is 7.15. The first-order chi connectivity index (χ1) is 13.6. The molecule has 0 spiro atoms. The molecule has 2 aromatic carbocycles. The third-order valence-corrected chi connectivity index (χ3v) is 5.61. The zero-order valence-electron chi connectivity index (χ0n) is 14.9. The van der Waals surface area contributed by atoms with Gasteiger partial charge in [-0.1, -0.05) is 23.5 Å². The molecular formula is C20H18F3N3OS. The van der Waals surface area contributed by atoms with Crippen LogP contribution >= 0.6 is 11.3 Å². The largest absolute Gasteiger partial charge is 0.487 e. The van der Waals surface area contributed by atoms with E-state index in [1.807, 2.05) is 0 Å². The fraction of sp³-hybridized carbons (Fsp3) is 0.300. The summed E-state index contributed by atoms with van der Waals surface area (Å²) in [6, 6.07) is 9.70. The van der Waals surface area contributed by atoms with Gasteiger partial charge in [0.1, 0.15) is 22.7 Å². The van der Waals surface area contributed by atoms with Crippen molar-refractivity contribution in [1.82, 2.24) is 10.2 Å². The highest BCUT2D eigenvalue weighted by Crippen LogP contribution is 2.28. The Kier molecular flexibility index (Phi) is 5.47. The predicted octanol–water partition coefficient (Wildman–Crippen LogP) is 4.59. The van der Waals surface area contributed by atoms with Gasteiger partial charge in [-0.25, -0.2) is 13.2 Å². The lowest BCUT2D eigenvalue weighted by molar-refractivity contribution is 0.163. The Morgan fingerprint density at radius 1 is 0.964 bits per heavy atom. The molecule has 28 heavy (non-hydrogen) atoms. The molecule has 0 bridgehead atoms. The summed E-state index contributed by atoms with van der Waals surface area (Å²) in [7, 11) is 0. The number of hydrogen-bond acceptors (Lipinski definition) is 5. The molecule has 1 aliphatic rings. The maximum atomic E-state index is 13.7. The minimum atomic E-state index is -0.683. The molecule has 0 atom stereocenters. The molecule has 8 heteroatoms. The van der Waals surface area contributed by atoms with E-state index in [0.717, 1.165) is 34.9 Å². The van der Waals surface area contributed by atoms with Crippen molar-refractivity contribution in [2.45, 2.75) is 25.4 Å². The standard InChI is InChI=1S/C20H18F3N3OS/c21-14-3-1-13(2-4-14)11-19-24-25-20(28-19)26-9-7-16(8-10-26)27-18-6-5-15(22)12-17(18)23/h1-6,12,16H,7-11H2. The Balaban J connectivity index is 1.32. The number of halogens is 3. The van der Waals surface area contributed by atoms with Crippen LogP contribution in [0.25, 0.3) is 0 Å². The van der Waals surface area contributed by atoms with Crippen LogP contribution in [0.3, 0.4) is 0 Å². The van der Waals surface area contributed by atoms with Gasteiger partial charge in [0.2, 0.25) is 5.13 Å². The van der Waals surface area contributed by atoms with E-state index in [1.165, 1.54) is 35.6 Å². The Labute approximate surface area is 164 Å². The highest BCUT2D eigenvalue weighted by Gasteiger charge is 2.24. The second-order valence-electron chi connectivity index (χ2n) is 6.66. The zero-order chi connectivity index (χ0) is 19.5. The normalized spacial score (nSPS) is 15.0. The Morgan fingerprint density at radius 2 is 1.68 bits per heavy atom. The minimum Gasteiger partial charge on any atom is -0.487 e. The van der Waals surface area contributed by atoms with Crippen LogP contribution in [0.1, 0.15) is 23.4 Å². The van der Waals surface area contributed by atoms with Crippen LogP contribution in [0, 0.1) is 17.5 Å². The predicted molar refractivity (Wildman–Crippen MR) is 101 cm³/mol. The van der Waals surface area contributed by atoms with Gasteiger partial charge in [-0.3, -0.25) is 0 Å². The lowest BCUT2D eigenvalue weighted by atomic mass is 10.1. The lowest BCUT2D eigenvalue weighted by Gasteiger charge is -2.31. The number of nitrogens with zero attached hydrogens (tertiary/aromatic N) is 3. The van der Waals surface area contributed by atoms with Crippen LogP contribution in [0.5, 0.6) is 5.75 Å². The van der Waals surface area contributed by atoms with E-state index in [-0.39, 0.29) is 17.7 Å². The summed E-state index contributed by atoms with van der Waals surface area (Å²) >= 11 is 1.52. The second kappa shape index (κ2) is 8.18. The van der Waals surface area contributed by atoms with Crippen molar-refractivity contribution in [2.75, 3.05) is 18.0 Å². The molecule has 0 radical (unpaired) electrons. The molecular weight excluding hydrogens is 387 g/mol. The molecule has 1 aliphatic heterocycles. The zero-order valence-corrected chi connectivity index (χ0v) is 15.8. The summed E-state index contributed by atoms with van der Waals surface area (Å²) in [4.78, 5) is 2.13. The van der Waals surface area contributed by atoms with Gasteiger partial charge in [-0.15, -0.1) is 10.2 Å². The molecule has 1 aromatic heterocycles. The van der Waals surface area contributed by atoms with E-state index in [0.29, 0.717) is 19.3 Å². The van der Waals surface area contributed by atoms with Gasteiger partial charge in [0.25, 0.3) is 0 Å². The van der Waals surface area contributed by atoms with Gasteiger partial charge >= 0.3 is 0 Å². The fourth-order valence-corrected chi connectivity index (χ4v) is 4.06. The summed E-state index contributed by atoms with van der Waals surface area (Å²) in [6.07, 6.45) is 1.91. The molecule has 146 valence electrons. The molecule has 3 aromatic rings. The lowest BCUT2D eigenvalue weighted by Crippen LogP contribution is -2.38. The number of anilines is 1. The molecule has 0 aliphatic carbocycles. The first kappa shape index (κ1) is 18.7. The number of hydrogen-bond donors (Lipinski definition) is 0. The van der Waals surface area contributed by atoms with Crippen molar-refractivity contribution in [3.8, 4) is 5.75 Å². The Bertz CT molecular complexity index is 940. The maximum absolute atomic E-state index is 13.7. The van der Waals surface area contributed by atoms with Crippen molar-refractivity contribution in [1.29, 1.82) is 0 Å². The van der Waals surface area contributed by atoms with E-state index in [1.54, 1.807) is 12.1 Å². The topological polar surface area (TPSA) is 38.2 Å². The first-order valence-corrected chi connectivity index (χ1v) is 9.82. The van der Waals surface area contributed by atoms with Gasteiger partial charge in [0, 0.05) is 38.4 Å². The number of rotatable bonds is 5. The van der Waals surface area contributed by atoms with Crippen LogP contribution in [0.15, 0.2) is 42.5 Å². The number of aromatic nitrogens is 2. The van der Waals surface area contributed by atoms with Crippen molar-refractivity contribution in [3.05, 3.63) is 70.5 Å². The molecule has 4 nitrogen and oxygen atoms in total. The second-order valence-corrected chi connectivity index (χ2v) is 7.70. The Hall–Kier alpha value is -2.61. The summed E-state index contributed by atoms with van der Waals surface area (Å²) in [5.41, 5.74) is 0.984. The summed E-state index contributed by atoms with van der Waals surface area (Å²) < 4.78 is 45.4. The molecule has 0 amide bonds. The van der Waals surface area contributed by atoms with Gasteiger partial charge in [0.05, 0.1) is 0 Å². The van der Waals surface area contributed by atoms with Gasteiger partial charge < -0.3 is 9.64 Å².